The van der Waals surface area contributed by atoms with Crippen LogP contribution in [0.4, 0.5) is 4.39 Å². The summed E-state index contributed by atoms with van der Waals surface area (Å²) in [5.74, 6) is 1.05. The summed E-state index contributed by atoms with van der Waals surface area (Å²) in [5.41, 5.74) is 0.289. The van der Waals surface area contributed by atoms with E-state index in [1.54, 1.807) is 13.8 Å². The van der Waals surface area contributed by atoms with E-state index in [1.165, 1.54) is 24.5 Å². The molecule has 0 radical (unpaired) electrons. The van der Waals surface area contributed by atoms with E-state index in [4.69, 9.17) is 4.74 Å². The minimum Gasteiger partial charge on any atom is -0.459 e. The fourth-order valence-electron chi connectivity index (χ4n) is 2.44. The first-order chi connectivity index (χ1) is 12.6. The van der Waals surface area contributed by atoms with Crippen molar-refractivity contribution in [3.05, 3.63) is 64.7 Å². The van der Waals surface area contributed by atoms with Crippen molar-refractivity contribution in [1.29, 1.82) is 0 Å². The molecule has 0 amide bonds. The second kappa shape index (κ2) is 7.73. The molecule has 0 saturated heterocycles. The Hall–Kier alpha value is -3.29. The number of hydrogen-bond acceptors (Lipinski definition) is 4. The summed E-state index contributed by atoms with van der Waals surface area (Å²) in [6.07, 6.45) is 11.4. The molecule has 0 fully saturated rings. The summed E-state index contributed by atoms with van der Waals surface area (Å²) in [5, 5.41) is 11.0. The highest BCUT2D eigenvalue weighted by atomic mass is 19.1. The van der Waals surface area contributed by atoms with E-state index in [9.17, 15) is 9.18 Å². The smallest absolute Gasteiger partial charge is 0.287 e. The van der Waals surface area contributed by atoms with Crippen molar-refractivity contribution in [1.82, 2.24) is 20.0 Å². The summed E-state index contributed by atoms with van der Waals surface area (Å²) in [6.45, 7) is 3.18. The van der Waals surface area contributed by atoms with Crippen LogP contribution in [-0.4, -0.2) is 20.0 Å². The Morgan fingerprint density at radius 1 is 1.50 bits per heavy atom. The van der Waals surface area contributed by atoms with Gasteiger partial charge in [0, 0.05) is 17.2 Å². The van der Waals surface area contributed by atoms with Gasteiger partial charge in [-0.1, -0.05) is 18.2 Å². The fraction of sp³-hybridized carbons (Fsp3) is 0.222. The quantitative estimate of drug-likeness (QED) is 0.835. The van der Waals surface area contributed by atoms with Crippen LogP contribution in [0.1, 0.15) is 26.7 Å². The average molecular weight is 356 g/mol. The lowest BCUT2D eigenvalue weighted by atomic mass is 10.1. The monoisotopic (exact) mass is 356 g/mol. The number of nitrogens with one attached hydrogen (secondary N) is 2. The third-order valence-electron chi connectivity index (χ3n) is 3.76. The molecule has 0 aromatic carbocycles. The second-order valence-corrected chi connectivity index (χ2v) is 5.66. The van der Waals surface area contributed by atoms with Crippen molar-refractivity contribution in [2.24, 2.45) is 0 Å². The second-order valence-electron chi connectivity index (χ2n) is 5.66. The van der Waals surface area contributed by atoms with Gasteiger partial charge in [0.15, 0.2) is 5.75 Å². The van der Waals surface area contributed by atoms with Gasteiger partial charge in [-0.3, -0.25) is 4.79 Å². The molecule has 2 heterocycles. The van der Waals surface area contributed by atoms with Gasteiger partial charge in [-0.2, -0.15) is 5.10 Å². The number of aromatic amines is 2. The zero-order valence-electron chi connectivity index (χ0n) is 14.5. The van der Waals surface area contributed by atoms with E-state index < -0.39 is 11.4 Å². The Labute approximate surface area is 149 Å². The molecule has 2 N–H and O–H groups in total. The van der Waals surface area contributed by atoms with Crippen molar-refractivity contribution in [2.75, 3.05) is 0 Å². The van der Waals surface area contributed by atoms with Crippen molar-refractivity contribution >= 4 is 5.70 Å². The molecule has 0 unspecified atom stereocenters. The Morgan fingerprint density at radius 2 is 2.35 bits per heavy atom. The lowest BCUT2D eigenvalue weighted by molar-refractivity contribution is -0.364. The number of rotatable bonds is 5. The van der Waals surface area contributed by atoms with Crippen LogP contribution >= 0.6 is 0 Å². The summed E-state index contributed by atoms with van der Waals surface area (Å²) in [7, 11) is 0. The number of allylic oxidation sites excluding steroid dienone is 8. The lowest BCUT2D eigenvalue weighted by Gasteiger charge is -2.14. The summed E-state index contributed by atoms with van der Waals surface area (Å²) in [4.78, 5) is 15.4. The van der Waals surface area contributed by atoms with Crippen LogP contribution in [0.3, 0.4) is 0 Å². The van der Waals surface area contributed by atoms with Crippen LogP contribution in [0.5, 0.6) is 5.75 Å². The fourth-order valence-corrected chi connectivity index (χ4v) is 2.44. The molecule has 0 bridgehead atoms. The molecule has 1 aliphatic carbocycles. The SMILES string of the molecule is C/C=C(F)\C=C(/C)n1nc(-c2[nH]nc[nH+]2)c(OC2=CC=CCC2)cc1=O. The van der Waals surface area contributed by atoms with E-state index in [0.29, 0.717) is 23.0 Å². The van der Waals surface area contributed by atoms with Gasteiger partial charge in [0.1, 0.15) is 11.6 Å². The highest BCUT2D eigenvalue weighted by Gasteiger charge is 2.20. The number of aromatic nitrogens is 5. The molecule has 2 aromatic rings. The highest BCUT2D eigenvalue weighted by Crippen LogP contribution is 2.26. The minimum atomic E-state index is -0.453. The van der Waals surface area contributed by atoms with E-state index in [1.807, 2.05) is 18.2 Å². The highest BCUT2D eigenvalue weighted by molar-refractivity contribution is 5.57. The molecular weight excluding hydrogens is 337 g/mol. The van der Waals surface area contributed by atoms with E-state index in [-0.39, 0.29) is 0 Å². The Kier molecular flexibility index (Phi) is 5.21. The third-order valence-corrected chi connectivity index (χ3v) is 3.76. The maximum absolute atomic E-state index is 13.5. The molecule has 1 aliphatic rings. The molecule has 0 aliphatic heterocycles. The summed E-state index contributed by atoms with van der Waals surface area (Å²) in [6, 6.07) is 1.33. The van der Waals surface area contributed by atoms with E-state index in [0.717, 1.165) is 23.3 Å². The van der Waals surface area contributed by atoms with E-state index >= 15 is 0 Å². The van der Waals surface area contributed by atoms with Crippen LogP contribution in [0.15, 0.2) is 59.2 Å². The first-order valence-electron chi connectivity index (χ1n) is 8.18. The maximum atomic E-state index is 13.5. The van der Waals surface area contributed by atoms with Gasteiger partial charge in [0.2, 0.25) is 5.69 Å². The maximum Gasteiger partial charge on any atom is 0.287 e. The van der Waals surface area contributed by atoms with Gasteiger partial charge in [-0.15, -0.1) is 5.10 Å². The third kappa shape index (κ3) is 3.85. The standard InChI is InChI=1S/C18H18FN5O2/c1-3-13(19)9-12(2)24-16(25)10-15(26-14-7-5-4-6-8-14)17(23-24)18-20-11-21-22-18/h3-5,7,9-11H,6,8H2,1-2H3,(H,20,21,22)/p+1/b12-9+,13-3+. The van der Waals surface area contributed by atoms with Gasteiger partial charge >= 0.3 is 0 Å². The Balaban J connectivity index is 2.09. The molecule has 7 nitrogen and oxygen atoms in total. The van der Waals surface area contributed by atoms with Crippen molar-refractivity contribution in [3.8, 4) is 17.3 Å². The Morgan fingerprint density at radius 3 is 3.00 bits per heavy atom. The van der Waals surface area contributed by atoms with Gasteiger partial charge in [0.25, 0.3) is 17.7 Å². The molecule has 8 heteroatoms. The molecule has 0 spiro atoms. The van der Waals surface area contributed by atoms with Gasteiger partial charge in [-0.25, -0.2) is 14.1 Å². The van der Waals surface area contributed by atoms with Gasteiger partial charge in [-0.05, 0) is 32.4 Å². The van der Waals surface area contributed by atoms with Crippen molar-refractivity contribution < 1.29 is 14.1 Å². The van der Waals surface area contributed by atoms with Gasteiger partial charge in [0.05, 0.1) is 6.07 Å². The number of nitrogens with zero attached hydrogens (tertiary/aromatic N) is 3. The van der Waals surface area contributed by atoms with Crippen LogP contribution in [0.2, 0.25) is 0 Å². The van der Waals surface area contributed by atoms with Crippen LogP contribution in [0.25, 0.3) is 17.2 Å². The molecule has 0 atom stereocenters. The molecule has 0 saturated carbocycles. The molecular formula is C18H19FN5O2+. The minimum absolute atomic E-state index is 0.299. The first-order valence-corrected chi connectivity index (χ1v) is 8.18. The summed E-state index contributed by atoms with van der Waals surface area (Å²) >= 11 is 0. The molecule has 3 rings (SSSR count). The van der Waals surface area contributed by atoms with Crippen LogP contribution < -0.4 is 15.3 Å². The topological polar surface area (TPSA) is 86.9 Å². The number of halogens is 1. The average Bonchev–Trinajstić information content (AvgIpc) is 3.17. The Bertz CT molecular complexity index is 968. The zero-order chi connectivity index (χ0) is 18.5. The largest absolute Gasteiger partial charge is 0.459 e. The van der Waals surface area contributed by atoms with E-state index in [2.05, 4.69) is 20.3 Å². The predicted octanol–water partition coefficient (Wildman–Crippen LogP) is 2.79. The van der Waals surface area contributed by atoms with Crippen LogP contribution in [-0.2, 0) is 0 Å². The molecule has 26 heavy (non-hydrogen) atoms. The zero-order valence-corrected chi connectivity index (χ0v) is 14.5. The van der Waals surface area contributed by atoms with Crippen LogP contribution in [0, 0.1) is 0 Å². The predicted molar refractivity (Wildman–Crippen MR) is 94.5 cm³/mol. The summed E-state index contributed by atoms with van der Waals surface area (Å²) < 4.78 is 20.6. The lowest BCUT2D eigenvalue weighted by Crippen LogP contribution is -2.23. The normalized spacial score (nSPS) is 15.1. The van der Waals surface area contributed by atoms with Crippen molar-refractivity contribution in [3.63, 3.8) is 0 Å². The number of ether oxygens (including phenoxy) is 1. The number of hydrogen-bond donors (Lipinski definition) is 1. The number of H-pyrrole nitrogens is 2. The van der Waals surface area contributed by atoms with Gasteiger partial charge < -0.3 is 4.74 Å². The molecule has 2 aromatic heterocycles. The van der Waals surface area contributed by atoms with Crippen molar-refractivity contribution in [2.45, 2.75) is 26.7 Å². The molecule has 134 valence electrons. The first kappa shape index (κ1) is 17.5.